The van der Waals surface area contributed by atoms with E-state index in [1.165, 1.54) is 12.1 Å². The summed E-state index contributed by atoms with van der Waals surface area (Å²) in [5, 5.41) is 17.9. The van der Waals surface area contributed by atoms with Gasteiger partial charge in [0.15, 0.2) is 0 Å². The van der Waals surface area contributed by atoms with Gasteiger partial charge in [-0.25, -0.2) is 4.39 Å². The molecule has 0 radical (unpaired) electrons. The highest BCUT2D eigenvalue weighted by atomic mass is 79.9. The minimum absolute atomic E-state index is 0.155. The third-order valence-corrected chi connectivity index (χ3v) is 4.26. The minimum Gasteiger partial charge on any atom is -0.507 e. The van der Waals surface area contributed by atoms with Gasteiger partial charge in [-0.2, -0.15) is 0 Å². The predicted molar refractivity (Wildman–Crippen MR) is 92.6 cm³/mol. The van der Waals surface area contributed by atoms with Gasteiger partial charge in [0.25, 0.3) is 0 Å². The Labute approximate surface area is 151 Å². The molecule has 7 heteroatoms. The summed E-state index contributed by atoms with van der Waals surface area (Å²) >= 11 is 9.21. The number of phenols is 1. The maximum absolute atomic E-state index is 13.0. The first-order chi connectivity index (χ1) is 11.5. The molecule has 0 unspecified atom stereocenters. The molecule has 0 fully saturated rings. The zero-order valence-corrected chi connectivity index (χ0v) is 14.6. The van der Waals surface area contributed by atoms with Crippen LogP contribution in [-0.4, -0.2) is 15.3 Å². The van der Waals surface area contributed by atoms with Gasteiger partial charge in [0.05, 0.1) is 15.2 Å². The van der Waals surface area contributed by atoms with Crippen molar-refractivity contribution in [3.8, 4) is 22.9 Å². The Balaban J connectivity index is 1.71. The summed E-state index contributed by atoms with van der Waals surface area (Å²) in [6.07, 6.45) is 0. The lowest BCUT2D eigenvalue weighted by atomic mass is 10.1. The van der Waals surface area contributed by atoms with Crippen LogP contribution in [0.3, 0.4) is 0 Å². The Morgan fingerprint density at radius 3 is 2.58 bits per heavy atom. The monoisotopic (exact) mass is 408 g/mol. The number of benzene rings is 2. The molecule has 0 amide bonds. The number of aromatic hydroxyl groups is 1. The van der Waals surface area contributed by atoms with E-state index in [1.807, 2.05) is 0 Å². The molecule has 0 saturated heterocycles. The van der Waals surface area contributed by atoms with E-state index in [2.05, 4.69) is 26.1 Å². The van der Waals surface area contributed by atoms with E-state index < -0.39 is 5.82 Å². The zero-order valence-electron chi connectivity index (χ0n) is 12.2. The Kier molecular flexibility index (Phi) is 4.97. The van der Waals surface area contributed by atoms with Gasteiger partial charge < -0.3 is 9.84 Å². The third-order valence-electron chi connectivity index (χ3n) is 3.27. The summed E-state index contributed by atoms with van der Waals surface area (Å²) in [6, 6.07) is 12.6. The van der Waals surface area contributed by atoms with Crippen molar-refractivity contribution < 1.29 is 14.2 Å². The van der Waals surface area contributed by atoms with Crippen LogP contribution in [0.15, 0.2) is 53.0 Å². The molecular weight excluding hydrogens is 399 g/mol. The van der Waals surface area contributed by atoms with Gasteiger partial charge in [-0.1, -0.05) is 17.7 Å². The smallest absolute Gasteiger partial charge is 0.233 e. The van der Waals surface area contributed by atoms with Gasteiger partial charge in [0.2, 0.25) is 5.88 Å². The molecule has 1 heterocycles. The van der Waals surface area contributed by atoms with Crippen LogP contribution in [0.5, 0.6) is 11.6 Å². The van der Waals surface area contributed by atoms with Crippen molar-refractivity contribution in [1.29, 1.82) is 0 Å². The highest BCUT2D eigenvalue weighted by Gasteiger charge is 2.07. The molecule has 0 spiro atoms. The molecule has 122 valence electrons. The summed E-state index contributed by atoms with van der Waals surface area (Å²) < 4.78 is 19.1. The second kappa shape index (κ2) is 7.15. The summed E-state index contributed by atoms with van der Waals surface area (Å²) in [4.78, 5) is 0. The number of nitrogens with zero attached hydrogens (tertiary/aromatic N) is 2. The fraction of sp³-hybridized carbons (Fsp3) is 0.0588. The van der Waals surface area contributed by atoms with Crippen LogP contribution in [0, 0.1) is 5.82 Å². The summed E-state index contributed by atoms with van der Waals surface area (Å²) in [6.45, 7) is 0.165. The quantitative estimate of drug-likeness (QED) is 0.660. The Bertz CT molecular complexity index is 875. The van der Waals surface area contributed by atoms with Crippen LogP contribution in [0.1, 0.15) is 5.56 Å². The van der Waals surface area contributed by atoms with Crippen LogP contribution in [-0.2, 0) is 6.61 Å². The van der Waals surface area contributed by atoms with Gasteiger partial charge in [-0.3, -0.25) is 0 Å². The normalized spacial score (nSPS) is 10.6. The van der Waals surface area contributed by atoms with Gasteiger partial charge in [-0.05, 0) is 52.3 Å². The van der Waals surface area contributed by atoms with Crippen molar-refractivity contribution >= 4 is 27.5 Å². The number of phenolic OH excluding ortho intramolecular Hbond substituents is 1. The van der Waals surface area contributed by atoms with Crippen LogP contribution in [0.4, 0.5) is 4.39 Å². The number of aromatic nitrogens is 2. The van der Waals surface area contributed by atoms with E-state index in [4.69, 9.17) is 16.3 Å². The van der Waals surface area contributed by atoms with Crippen LogP contribution in [0.25, 0.3) is 11.3 Å². The molecule has 3 rings (SSSR count). The fourth-order valence-electron chi connectivity index (χ4n) is 2.01. The summed E-state index contributed by atoms with van der Waals surface area (Å²) in [7, 11) is 0. The van der Waals surface area contributed by atoms with Crippen LogP contribution in [0.2, 0.25) is 5.02 Å². The largest absolute Gasteiger partial charge is 0.507 e. The standard InChI is InChI=1S/C17H11BrClFN2O2/c18-13-7-10(2-5-16(13)23)15-4-6-17(22-21-15)24-9-11-1-3-12(20)8-14(11)19/h1-8,23H,9H2. The molecule has 24 heavy (non-hydrogen) atoms. The predicted octanol–water partition coefficient (Wildman–Crippen LogP) is 4.98. The maximum atomic E-state index is 13.0. The van der Waals surface area contributed by atoms with Crippen LogP contribution < -0.4 is 4.74 Å². The van der Waals surface area contributed by atoms with Gasteiger partial charge in [0, 0.05) is 17.2 Å². The molecule has 0 bridgehead atoms. The lowest BCUT2D eigenvalue weighted by molar-refractivity contribution is 0.290. The second-order valence-electron chi connectivity index (χ2n) is 4.95. The van der Waals surface area contributed by atoms with E-state index in [-0.39, 0.29) is 12.4 Å². The molecular formula is C17H11BrClFN2O2. The molecule has 4 nitrogen and oxygen atoms in total. The number of ether oxygens (including phenoxy) is 1. The molecule has 0 aliphatic rings. The van der Waals surface area contributed by atoms with Gasteiger partial charge in [0.1, 0.15) is 18.2 Å². The fourth-order valence-corrected chi connectivity index (χ4v) is 2.61. The van der Waals surface area contributed by atoms with Crippen molar-refractivity contribution in [3.05, 3.63) is 69.4 Å². The highest BCUT2D eigenvalue weighted by Crippen LogP contribution is 2.29. The Hall–Kier alpha value is -2.18. The third kappa shape index (κ3) is 3.83. The lowest BCUT2D eigenvalue weighted by Crippen LogP contribution is -2.00. The first-order valence-corrected chi connectivity index (χ1v) is 8.09. The number of hydrogen-bond donors (Lipinski definition) is 1. The van der Waals surface area contributed by atoms with E-state index in [0.29, 0.717) is 26.6 Å². The van der Waals surface area contributed by atoms with E-state index in [9.17, 15) is 9.50 Å². The van der Waals surface area contributed by atoms with Gasteiger partial charge in [-0.15, -0.1) is 10.2 Å². The molecule has 2 aromatic carbocycles. The van der Waals surface area contributed by atoms with E-state index in [0.717, 1.165) is 5.56 Å². The van der Waals surface area contributed by atoms with Crippen molar-refractivity contribution in [2.75, 3.05) is 0 Å². The average Bonchev–Trinajstić information content (AvgIpc) is 2.57. The zero-order chi connectivity index (χ0) is 17.1. The minimum atomic E-state index is -0.395. The van der Waals surface area contributed by atoms with Crippen LogP contribution >= 0.6 is 27.5 Å². The number of halogens is 3. The summed E-state index contributed by atoms with van der Waals surface area (Å²) in [5.74, 6) is 0.0905. The second-order valence-corrected chi connectivity index (χ2v) is 6.21. The highest BCUT2D eigenvalue weighted by molar-refractivity contribution is 9.10. The first-order valence-electron chi connectivity index (χ1n) is 6.92. The molecule has 0 aliphatic heterocycles. The van der Waals surface area contributed by atoms with Gasteiger partial charge >= 0.3 is 0 Å². The Morgan fingerprint density at radius 2 is 1.92 bits per heavy atom. The molecule has 0 aliphatic carbocycles. The Morgan fingerprint density at radius 1 is 1.08 bits per heavy atom. The van der Waals surface area contributed by atoms with Crippen molar-refractivity contribution in [3.63, 3.8) is 0 Å². The SMILES string of the molecule is Oc1ccc(-c2ccc(OCc3ccc(F)cc3Cl)nn2)cc1Br. The summed E-state index contributed by atoms with van der Waals surface area (Å²) in [5.41, 5.74) is 2.11. The molecule has 1 N–H and O–H groups in total. The molecule has 3 aromatic rings. The van der Waals surface area contributed by atoms with E-state index in [1.54, 1.807) is 36.4 Å². The molecule has 0 saturated carbocycles. The molecule has 1 aromatic heterocycles. The van der Waals surface area contributed by atoms with Crippen molar-refractivity contribution in [2.24, 2.45) is 0 Å². The van der Waals surface area contributed by atoms with E-state index >= 15 is 0 Å². The van der Waals surface area contributed by atoms with Crippen molar-refractivity contribution in [2.45, 2.75) is 6.61 Å². The topological polar surface area (TPSA) is 55.2 Å². The number of hydrogen-bond acceptors (Lipinski definition) is 4. The maximum Gasteiger partial charge on any atom is 0.233 e. The lowest BCUT2D eigenvalue weighted by Gasteiger charge is -2.07. The average molecular weight is 410 g/mol. The number of rotatable bonds is 4. The first kappa shape index (κ1) is 16.7. The van der Waals surface area contributed by atoms with Crippen molar-refractivity contribution in [1.82, 2.24) is 10.2 Å². The molecule has 0 atom stereocenters.